The minimum Gasteiger partial charge on any atom is -0.507 e. The minimum absolute atomic E-state index is 0.224. The fourth-order valence-corrected chi connectivity index (χ4v) is 2.95. The molecule has 152 valence electrons. The van der Waals surface area contributed by atoms with Crippen LogP contribution in [-0.4, -0.2) is 36.3 Å². The normalized spacial score (nSPS) is 15.5. The van der Waals surface area contributed by atoms with Gasteiger partial charge in [0.15, 0.2) is 5.60 Å². The molecule has 0 spiro atoms. The van der Waals surface area contributed by atoms with Gasteiger partial charge in [-0.25, -0.2) is 13.6 Å². The topological polar surface area (TPSA) is 130 Å². The van der Waals surface area contributed by atoms with Gasteiger partial charge in [-0.3, -0.25) is 4.79 Å². The molecule has 2 unspecified atom stereocenters. The zero-order valence-corrected chi connectivity index (χ0v) is 15.3. The summed E-state index contributed by atoms with van der Waals surface area (Å²) in [6, 6.07) is 7.07. The van der Waals surface area contributed by atoms with Gasteiger partial charge in [0.1, 0.15) is 5.75 Å². The van der Waals surface area contributed by atoms with Crippen molar-refractivity contribution in [1.29, 1.82) is 0 Å². The number of nitrogens with two attached hydrogens (primary N) is 1. The van der Waals surface area contributed by atoms with Crippen LogP contribution < -0.4 is 10.5 Å². The molecule has 0 aliphatic rings. The number of hydrogen-bond donors (Lipinski definition) is 4. The third-order valence-corrected chi connectivity index (χ3v) is 5.03. The number of nitrogens with one attached hydrogen (secondary N) is 1. The van der Waals surface area contributed by atoms with Crippen LogP contribution in [0.1, 0.15) is 28.9 Å². The summed E-state index contributed by atoms with van der Waals surface area (Å²) in [5.74, 6) is -1.53. The largest absolute Gasteiger partial charge is 0.507 e. The molecule has 2 atom stereocenters. The van der Waals surface area contributed by atoms with Gasteiger partial charge < -0.3 is 15.5 Å². The van der Waals surface area contributed by atoms with E-state index in [1.165, 1.54) is 24.3 Å². The van der Waals surface area contributed by atoms with Crippen LogP contribution in [0.3, 0.4) is 0 Å². The maximum absolute atomic E-state index is 13.4. The van der Waals surface area contributed by atoms with Crippen LogP contribution in [0.25, 0.3) is 0 Å². The van der Waals surface area contributed by atoms with Gasteiger partial charge in [0.2, 0.25) is 10.0 Å². The fourth-order valence-electron chi connectivity index (χ4n) is 2.44. The van der Waals surface area contributed by atoms with Gasteiger partial charge in [-0.2, -0.15) is 13.2 Å². The third-order valence-electron chi connectivity index (χ3n) is 4.10. The second kappa shape index (κ2) is 7.41. The first-order chi connectivity index (χ1) is 12.7. The zero-order valence-electron chi connectivity index (χ0n) is 14.4. The highest BCUT2D eigenvalue weighted by atomic mass is 32.2. The second-order valence-electron chi connectivity index (χ2n) is 6.18. The molecule has 0 saturated carbocycles. The molecule has 0 fully saturated rings. The molecule has 28 heavy (non-hydrogen) atoms. The molecule has 0 radical (unpaired) electrons. The Hall–Kier alpha value is -2.63. The van der Waals surface area contributed by atoms with E-state index in [1.54, 1.807) is 0 Å². The number of amides is 1. The number of halogens is 3. The molecular formula is C17H17F3N2O5S. The summed E-state index contributed by atoms with van der Waals surface area (Å²) in [4.78, 5) is 12.0. The van der Waals surface area contributed by atoms with E-state index in [4.69, 9.17) is 5.14 Å². The molecule has 0 saturated heterocycles. The summed E-state index contributed by atoms with van der Waals surface area (Å²) < 4.78 is 62.9. The van der Waals surface area contributed by atoms with Crippen LogP contribution in [-0.2, 0) is 10.0 Å². The van der Waals surface area contributed by atoms with Gasteiger partial charge >= 0.3 is 6.18 Å². The number of rotatable bonds is 5. The van der Waals surface area contributed by atoms with Crippen molar-refractivity contribution in [3.05, 3.63) is 59.7 Å². The van der Waals surface area contributed by atoms with Crippen LogP contribution in [0.4, 0.5) is 13.2 Å². The number of aliphatic hydroxyl groups is 1. The molecule has 7 nitrogen and oxygen atoms in total. The first kappa shape index (κ1) is 21.7. The SMILES string of the molecule is CC(O)(C(NC(=O)c1ccccc1O)c1ccc(S(N)(=O)=O)cc1)C(F)(F)F. The Balaban J connectivity index is 2.49. The zero-order chi connectivity index (χ0) is 21.3. The number of carbonyl (C=O) groups is 1. The van der Waals surface area contributed by atoms with Gasteiger partial charge in [0.25, 0.3) is 5.91 Å². The van der Waals surface area contributed by atoms with E-state index in [1.807, 2.05) is 5.32 Å². The molecule has 0 heterocycles. The van der Waals surface area contributed by atoms with Crippen LogP contribution in [0.15, 0.2) is 53.4 Å². The lowest BCUT2D eigenvalue weighted by molar-refractivity contribution is -0.263. The van der Waals surface area contributed by atoms with Crippen molar-refractivity contribution in [2.24, 2.45) is 5.14 Å². The van der Waals surface area contributed by atoms with Crippen molar-refractivity contribution in [3.8, 4) is 5.75 Å². The molecule has 5 N–H and O–H groups in total. The summed E-state index contributed by atoms with van der Waals surface area (Å²) in [5, 5.41) is 26.8. The number of carbonyl (C=O) groups excluding carboxylic acids is 1. The summed E-state index contributed by atoms with van der Waals surface area (Å²) >= 11 is 0. The number of phenols is 1. The van der Waals surface area contributed by atoms with Gasteiger partial charge in [-0.15, -0.1) is 0 Å². The molecule has 0 aliphatic carbocycles. The highest BCUT2D eigenvalue weighted by Crippen LogP contribution is 2.40. The van der Waals surface area contributed by atoms with E-state index in [2.05, 4.69) is 0 Å². The number of alkyl halides is 3. The van der Waals surface area contributed by atoms with E-state index in [0.717, 1.165) is 24.3 Å². The van der Waals surface area contributed by atoms with Crippen LogP contribution in [0, 0.1) is 0 Å². The number of primary sulfonamides is 1. The Morgan fingerprint density at radius 2 is 1.64 bits per heavy atom. The van der Waals surface area contributed by atoms with E-state index in [-0.39, 0.29) is 16.0 Å². The minimum atomic E-state index is -5.14. The molecule has 0 aliphatic heterocycles. The smallest absolute Gasteiger partial charge is 0.419 e. The monoisotopic (exact) mass is 418 g/mol. The molecule has 0 aromatic heterocycles. The standard InChI is InChI=1S/C17H17F3N2O5S/c1-16(25,17(18,19)20)14(10-6-8-11(9-7-10)28(21,26)27)22-15(24)12-4-2-3-5-13(12)23/h2-9,14,23,25H,1H3,(H,22,24)(H2,21,26,27). The third kappa shape index (κ3) is 4.43. The number of para-hydroxylation sites is 1. The molecule has 1 amide bonds. The number of benzene rings is 2. The van der Waals surface area contributed by atoms with Crippen molar-refractivity contribution in [3.63, 3.8) is 0 Å². The first-order valence-electron chi connectivity index (χ1n) is 7.76. The average Bonchev–Trinajstić information content (AvgIpc) is 2.58. The van der Waals surface area contributed by atoms with Crippen LogP contribution >= 0.6 is 0 Å². The van der Waals surface area contributed by atoms with Crippen molar-refractivity contribution in [2.75, 3.05) is 0 Å². The lowest BCUT2D eigenvalue weighted by Crippen LogP contribution is -2.53. The van der Waals surface area contributed by atoms with Crippen molar-refractivity contribution in [2.45, 2.75) is 29.6 Å². The van der Waals surface area contributed by atoms with Crippen molar-refractivity contribution < 1.29 is 36.6 Å². The number of sulfonamides is 1. The lowest BCUT2D eigenvalue weighted by Gasteiger charge is -2.35. The lowest BCUT2D eigenvalue weighted by atomic mass is 9.89. The van der Waals surface area contributed by atoms with Gasteiger partial charge in [-0.05, 0) is 36.8 Å². The summed E-state index contributed by atoms with van der Waals surface area (Å²) in [6.07, 6.45) is -5.14. The predicted molar refractivity (Wildman–Crippen MR) is 92.8 cm³/mol. The molecular weight excluding hydrogens is 401 g/mol. The van der Waals surface area contributed by atoms with E-state index < -0.39 is 39.5 Å². The van der Waals surface area contributed by atoms with E-state index in [0.29, 0.717) is 6.92 Å². The van der Waals surface area contributed by atoms with Crippen LogP contribution in [0.5, 0.6) is 5.75 Å². The Morgan fingerprint density at radius 3 is 2.11 bits per heavy atom. The van der Waals surface area contributed by atoms with E-state index >= 15 is 0 Å². The molecule has 2 aromatic carbocycles. The average molecular weight is 418 g/mol. The molecule has 0 bridgehead atoms. The fraction of sp³-hybridized carbons (Fsp3) is 0.235. The van der Waals surface area contributed by atoms with Gasteiger partial charge in [0.05, 0.1) is 16.5 Å². The molecule has 2 aromatic rings. The maximum Gasteiger partial charge on any atom is 0.419 e. The Morgan fingerprint density at radius 1 is 1.11 bits per heavy atom. The van der Waals surface area contributed by atoms with E-state index in [9.17, 15) is 36.6 Å². The van der Waals surface area contributed by atoms with Gasteiger partial charge in [0, 0.05) is 0 Å². The predicted octanol–water partition coefficient (Wildman–Crippen LogP) is 1.82. The second-order valence-corrected chi connectivity index (χ2v) is 7.74. The van der Waals surface area contributed by atoms with Crippen molar-refractivity contribution >= 4 is 15.9 Å². The highest BCUT2D eigenvalue weighted by Gasteiger charge is 2.56. The highest BCUT2D eigenvalue weighted by molar-refractivity contribution is 7.89. The number of phenolic OH excluding ortho intramolecular Hbond substituents is 1. The first-order valence-corrected chi connectivity index (χ1v) is 9.30. The summed E-state index contributed by atoms with van der Waals surface area (Å²) in [7, 11) is -4.09. The number of aromatic hydroxyl groups is 1. The maximum atomic E-state index is 13.4. The molecule has 2 rings (SSSR count). The summed E-state index contributed by atoms with van der Waals surface area (Å²) in [6.45, 7) is 0.469. The Bertz CT molecular complexity index is 973. The van der Waals surface area contributed by atoms with Crippen LogP contribution in [0.2, 0.25) is 0 Å². The van der Waals surface area contributed by atoms with Gasteiger partial charge in [-0.1, -0.05) is 24.3 Å². The Kier molecular flexibility index (Phi) is 5.74. The summed E-state index contributed by atoms with van der Waals surface area (Å²) in [5.41, 5.74) is -3.93. The Labute approximate surface area is 158 Å². The quantitative estimate of drug-likeness (QED) is 0.589. The molecule has 11 heteroatoms. The number of hydrogen-bond acceptors (Lipinski definition) is 5. The van der Waals surface area contributed by atoms with Crippen molar-refractivity contribution in [1.82, 2.24) is 5.32 Å².